The number of amides is 1. The molecule has 3 rings (SSSR count). The maximum atomic E-state index is 12.7. The van der Waals surface area contributed by atoms with E-state index in [9.17, 15) is 4.79 Å². The molecule has 2 aromatic carbocycles. The van der Waals surface area contributed by atoms with E-state index in [0.717, 1.165) is 21.4 Å². The first kappa shape index (κ1) is 19.7. The average Bonchev–Trinajstić information content (AvgIpc) is 2.94. The van der Waals surface area contributed by atoms with E-state index < -0.39 is 0 Å². The zero-order valence-corrected chi connectivity index (χ0v) is 17.6. The Hall–Kier alpha value is -2.06. The number of thiazole rings is 1. The largest absolute Gasteiger partial charge is 0.303 e. The van der Waals surface area contributed by atoms with Crippen molar-refractivity contribution in [2.75, 3.05) is 0 Å². The summed E-state index contributed by atoms with van der Waals surface area (Å²) in [6.07, 6.45) is 5.75. The van der Waals surface area contributed by atoms with E-state index in [1.165, 1.54) is 16.9 Å². The number of nitrogens with zero attached hydrogens (tertiary/aromatic N) is 2. The van der Waals surface area contributed by atoms with E-state index in [-0.39, 0.29) is 18.9 Å². The van der Waals surface area contributed by atoms with E-state index in [0.29, 0.717) is 20.4 Å². The van der Waals surface area contributed by atoms with Crippen molar-refractivity contribution < 1.29 is 4.79 Å². The zero-order chi connectivity index (χ0) is 19.7. The molecule has 0 N–H and O–H groups in total. The van der Waals surface area contributed by atoms with Crippen LogP contribution in [0.15, 0.2) is 29.3 Å². The molecule has 0 aliphatic rings. The summed E-state index contributed by atoms with van der Waals surface area (Å²) in [6, 6.07) is 7.60. The number of carbonyl (C=O) groups is 1. The van der Waals surface area contributed by atoms with Gasteiger partial charge >= 0.3 is 0 Å². The third kappa shape index (κ3) is 3.96. The predicted octanol–water partition coefficient (Wildman–Crippen LogP) is 5.24. The summed E-state index contributed by atoms with van der Waals surface area (Å²) in [5.41, 5.74) is 5.08. The molecule has 0 bridgehead atoms. The van der Waals surface area contributed by atoms with Crippen LogP contribution in [-0.4, -0.2) is 10.5 Å². The fraction of sp³-hybridized carbons (Fsp3) is 0.238. The third-order valence-corrected chi connectivity index (χ3v) is 6.21. The summed E-state index contributed by atoms with van der Waals surface area (Å²) in [5.74, 6) is 2.37. The van der Waals surface area contributed by atoms with Crippen LogP contribution in [-0.2, 0) is 17.8 Å². The van der Waals surface area contributed by atoms with Crippen LogP contribution in [0.1, 0.15) is 22.3 Å². The second-order valence-corrected chi connectivity index (χ2v) is 8.23. The number of hydrogen-bond acceptors (Lipinski definition) is 2. The monoisotopic (exact) mass is 416 g/mol. The normalized spacial score (nSPS) is 11.8. The van der Waals surface area contributed by atoms with E-state index in [1.54, 1.807) is 16.7 Å². The number of fused-ring (bicyclic) bond motifs is 1. The molecule has 1 heterocycles. The highest BCUT2D eigenvalue weighted by Crippen LogP contribution is 2.31. The van der Waals surface area contributed by atoms with Crippen LogP contribution in [0.3, 0.4) is 0 Å². The molecule has 0 saturated heterocycles. The van der Waals surface area contributed by atoms with Gasteiger partial charge in [0.15, 0.2) is 4.80 Å². The van der Waals surface area contributed by atoms with Crippen molar-refractivity contribution in [3.05, 3.63) is 61.4 Å². The predicted molar refractivity (Wildman–Crippen MR) is 114 cm³/mol. The van der Waals surface area contributed by atoms with E-state index >= 15 is 0 Å². The Balaban J connectivity index is 2.10. The number of hydrogen-bond donors (Lipinski definition) is 0. The molecule has 0 unspecified atom stereocenters. The molecule has 6 heteroatoms. The lowest BCUT2D eigenvalue weighted by Gasteiger charge is -2.09. The second-order valence-electron chi connectivity index (χ2n) is 6.44. The average molecular weight is 417 g/mol. The van der Waals surface area contributed by atoms with Crippen molar-refractivity contribution in [3.8, 4) is 12.3 Å². The fourth-order valence-corrected chi connectivity index (χ4v) is 4.88. The summed E-state index contributed by atoms with van der Waals surface area (Å²) in [5, 5.41) is 1.09. The van der Waals surface area contributed by atoms with Gasteiger partial charge in [-0.15, -0.1) is 6.42 Å². The minimum absolute atomic E-state index is 0.227. The number of halogens is 2. The van der Waals surface area contributed by atoms with E-state index in [4.69, 9.17) is 29.6 Å². The molecule has 27 heavy (non-hydrogen) atoms. The lowest BCUT2D eigenvalue weighted by molar-refractivity contribution is -0.117. The van der Waals surface area contributed by atoms with Gasteiger partial charge < -0.3 is 4.57 Å². The van der Waals surface area contributed by atoms with Crippen molar-refractivity contribution in [2.24, 2.45) is 4.99 Å². The summed E-state index contributed by atoms with van der Waals surface area (Å²) >= 11 is 14.0. The van der Waals surface area contributed by atoms with Gasteiger partial charge in [0.05, 0.1) is 33.2 Å². The van der Waals surface area contributed by atoms with Gasteiger partial charge in [0.1, 0.15) is 0 Å². The van der Waals surface area contributed by atoms with Crippen LogP contribution in [0, 0.1) is 33.1 Å². The highest BCUT2D eigenvalue weighted by molar-refractivity contribution is 7.17. The summed E-state index contributed by atoms with van der Waals surface area (Å²) < 4.78 is 2.54. The molecule has 0 aliphatic carbocycles. The Morgan fingerprint density at radius 2 is 1.81 bits per heavy atom. The summed E-state index contributed by atoms with van der Waals surface area (Å²) in [6.45, 7) is 6.33. The maximum Gasteiger partial charge on any atom is 0.252 e. The van der Waals surface area contributed by atoms with Gasteiger partial charge in [0.2, 0.25) is 0 Å². The van der Waals surface area contributed by atoms with Crippen molar-refractivity contribution in [2.45, 2.75) is 33.7 Å². The molecular formula is C21H18Cl2N2OS. The topological polar surface area (TPSA) is 34.4 Å². The van der Waals surface area contributed by atoms with E-state index in [2.05, 4.69) is 23.0 Å². The molecule has 0 atom stereocenters. The summed E-state index contributed by atoms with van der Waals surface area (Å²) in [4.78, 5) is 17.5. The van der Waals surface area contributed by atoms with Crippen LogP contribution in [0.25, 0.3) is 10.2 Å². The van der Waals surface area contributed by atoms with Gasteiger partial charge in [-0.05, 0) is 49.6 Å². The molecule has 0 radical (unpaired) electrons. The van der Waals surface area contributed by atoms with Gasteiger partial charge in [0.25, 0.3) is 5.91 Å². The van der Waals surface area contributed by atoms with Gasteiger partial charge in [-0.25, -0.2) is 0 Å². The molecule has 0 spiro atoms. The fourth-order valence-electron chi connectivity index (χ4n) is 3.22. The first-order chi connectivity index (χ1) is 12.8. The third-order valence-electron chi connectivity index (χ3n) is 4.37. The van der Waals surface area contributed by atoms with Crippen LogP contribution >= 0.6 is 34.5 Å². The first-order valence-corrected chi connectivity index (χ1v) is 9.94. The molecule has 0 aliphatic heterocycles. The Bertz CT molecular complexity index is 1140. The number of benzene rings is 2. The molecule has 1 amide bonds. The Labute approximate surface area is 172 Å². The first-order valence-electron chi connectivity index (χ1n) is 8.37. The van der Waals surface area contributed by atoms with Crippen molar-refractivity contribution in [1.29, 1.82) is 0 Å². The maximum absolute atomic E-state index is 12.7. The Kier molecular flexibility index (Phi) is 5.76. The standard InChI is InChI=1S/C21H18Cl2N2OS/c1-5-8-25-19-16(22)6-7-17(23)20(19)27-21(25)24-18(26)11-15-13(3)9-12(2)10-14(15)4/h1,6-7,9-10H,8,11H2,2-4H3. The molecule has 138 valence electrons. The lowest BCUT2D eigenvalue weighted by Crippen LogP contribution is -2.17. The quantitative estimate of drug-likeness (QED) is 0.537. The van der Waals surface area contributed by atoms with Crippen molar-refractivity contribution >= 4 is 50.7 Å². The van der Waals surface area contributed by atoms with E-state index in [1.807, 2.05) is 20.8 Å². The van der Waals surface area contributed by atoms with Gasteiger partial charge in [-0.1, -0.05) is 58.2 Å². The SMILES string of the molecule is C#CCn1c(=NC(=O)Cc2c(C)cc(C)cc2C)sc2c(Cl)ccc(Cl)c21. The minimum atomic E-state index is -0.227. The van der Waals surface area contributed by atoms with Crippen molar-refractivity contribution in [1.82, 2.24) is 4.57 Å². The van der Waals surface area contributed by atoms with Gasteiger partial charge in [0, 0.05) is 0 Å². The highest BCUT2D eigenvalue weighted by atomic mass is 35.5. The van der Waals surface area contributed by atoms with Crippen LogP contribution in [0.5, 0.6) is 0 Å². The lowest BCUT2D eigenvalue weighted by atomic mass is 9.97. The van der Waals surface area contributed by atoms with Crippen LogP contribution < -0.4 is 4.80 Å². The number of carbonyl (C=O) groups excluding carboxylic acids is 1. The number of aromatic nitrogens is 1. The highest BCUT2D eigenvalue weighted by Gasteiger charge is 2.14. The molecule has 0 fully saturated rings. The van der Waals surface area contributed by atoms with Crippen LogP contribution in [0.4, 0.5) is 0 Å². The van der Waals surface area contributed by atoms with Crippen LogP contribution in [0.2, 0.25) is 10.0 Å². The molecular weight excluding hydrogens is 399 g/mol. The van der Waals surface area contributed by atoms with Crippen molar-refractivity contribution in [3.63, 3.8) is 0 Å². The molecule has 3 nitrogen and oxygen atoms in total. The Morgan fingerprint density at radius 3 is 2.44 bits per heavy atom. The second kappa shape index (κ2) is 7.90. The summed E-state index contributed by atoms with van der Waals surface area (Å²) in [7, 11) is 0. The number of rotatable bonds is 3. The zero-order valence-electron chi connectivity index (χ0n) is 15.3. The minimum Gasteiger partial charge on any atom is -0.303 e. The smallest absolute Gasteiger partial charge is 0.252 e. The number of aryl methyl sites for hydroxylation is 3. The molecule has 0 saturated carbocycles. The van der Waals surface area contributed by atoms with Gasteiger partial charge in [-0.3, -0.25) is 4.79 Å². The molecule has 3 aromatic rings. The molecule has 1 aromatic heterocycles. The van der Waals surface area contributed by atoms with Gasteiger partial charge in [-0.2, -0.15) is 4.99 Å². The Morgan fingerprint density at radius 1 is 1.19 bits per heavy atom. The number of terminal acetylenes is 1.